The minimum absolute atomic E-state index is 0.106. The Morgan fingerprint density at radius 3 is 2.35 bits per heavy atom. The van der Waals surface area contributed by atoms with Gasteiger partial charge in [0, 0.05) is 11.8 Å². The van der Waals surface area contributed by atoms with Gasteiger partial charge < -0.3 is 14.6 Å². The van der Waals surface area contributed by atoms with Crippen LogP contribution < -0.4 is 14.4 Å². The fraction of sp³-hybridized carbons (Fsp3) is 0.185. The standard InChI is InChI=1S/C27H24FNO5/c1-3-33-20-13-14-21(22(16-20)34-4-2)25(30)23-24(17-9-6-5-7-10-17)29(27(32)26(23)31)19-12-8-11-18(28)15-19/h5-16,24,30H,3-4H2,1-2H3/b25-23-. The highest BCUT2D eigenvalue weighted by atomic mass is 19.1. The molecule has 7 heteroatoms. The summed E-state index contributed by atoms with van der Waals surface area (Å²) in [6.45, 7) is 4.41. The molecule has 3 aromatic carbocycles. The summed E-state index contributed by atoms with van der Waals surface area (Å²) < 4.78 is 25.2. The van der Waals surface area contributed by atoms with Gasteiger partial charge in [0.15, 0.2) is 0 Å². The number of aliphatic hydroxyl groups is 1. The number of halogens is 1. The SMILES string of the molecule is CCOc1ccc(/C(O)=C2/C(=O)C(=O)N(c3cccc(F)c3)C2c2ccccc2)c(OCC)c1. The largest absolute Gasteiger partial charge is 0.507 e. The number of hydrogen-bond acceptors (Lipinski definition) is 5. The minimum atomic E-state index is -0.955. The summed E-state index contributed by atoms with van der Waals surface area (Å²) in [4.78, 5) is 27.6. The third-order valence-electron chi connectivity index (χ3n) is 5.47. The first-order valence-electron chi connectivity index (χ1n) is 11.0. The highest BCUT2D eigenvalue weighted by Crippen LogP contribution is 2.43. The second-order valence-electron chi connectivity index (χ2n) is 7.58. The molecule has 4 rings (SSSR count). The topological polar surface area (TPSA) is 76.1 Å². The Morgan fingerprint density at radius 2 is 1.68 bits per heavy atom. The number of ketones is 1. The van der Waals surface area contributed by atoms with Gasteiger partial charge in [-0.3, -0.25) is 14.5 Å². The van der Waals surface area contributed by atoms with E-state index in [4.69, 9.17) is 9.47 Å². The molecule has 1 aliphatic heterocycles. The highest BCUT2D eigenvalue weighted by molar-refractivity contribution is 6.51. The fourth-order valence-corrected chi connectivity index (χ4v) is 4.05. The van der Waals surface area contributed by atoms with Gasteiger partial charge in [0.1, 0.15) is 23.1 Å². The first-order valence-corrected chi connectivity index (χ1v) is 11.0. The first kappa shape index (κ1) is 23.0. The third-order valence-corrected chi connectivity index (χ3v) is 5.47. The molecule has 0 aliphatic carbocycles. The molecule has 1 fully saturated rings. The Hall–Kier alpha value is -4.13. The van der Waals surface area contributed by atoms with Crippen molar-refractivity contribution < 1.29 is 28.6 Å². The molecule has 1 saturated heterocycles. The van der Waals surface area contributed by atoms with Crippen molar-refractivity contribution in [2.24, 2.45) is 0 Å². The molecular weight excluding hydrogens is 437 g/mol. The Balaban J connectivity index is 1.93. The summed E-state index contributed by atoms with van der Waals surface area (Å²) in [6, 6.07) is 18.2. The molecule has 0 saturated carbocycles. The van der Waals surface area contributed by atoms with Crippen molar-refractivity contribution in [2.45, 2.75) is 19.9 Å². The quantitative estimate of drug-likeness (QED) is 0.296. The van der Waals surface area contributed by atoms with E-state index in [2.05, 4.69) is 0 Å². The van der Waals surface area contributed by atoms with Gasteiger partial charge in [0.05, 0.1) is 30.4 Å². The van der Waals surface area contributed by atoms with Crippen LogP contribution in [0.4, 0.5) is 10.1 Å². The lowest BCUT2D eigenvalue weighted by atomic mass is 9.95. The highest BCUT2D eigenvalue weighted by Gasteiger charge is 2.47. The first-order chi connectivity index (χ1) is 16.5. The molecule has 0 bridgehead atoms. The van der Waals surface area contributed by atoms with Gasteiger partial charge >= 0.3 is 0 Å². The maximum Gasteiger partial charge on any atom is 0.300 e. The van der Waals surface area contributed by atoms with E-state index >= 15 is 0 Å². The second-order valence-corrected chi connectivity index (χ2v) is 7.58. The van der Waals surface area contributed by atoms with E-state index in [0.717, 1.165) is 0 Å². The van der Waals surface area contributed by atoms with E-state index in [1.807, 2.05) is 6.92 Å². The minimum Gasteiger partial charge on any atom is -0.507 e. The van der Waals surface area contributed by atoms with E-state index < -0.39 is 23.5 Å². The Morgan fingerprint density at radius 1 is 0.941 bits per heavy atom. The van der Waals surface area contributed by atoms with Crippen LogP contribution in [0.15, 0.2) is 78.4 Å². The summed E-state index contributed by atoms with van der Waals surface area (Å²) in [5, 5.41) is 11.4. The van der Waals surface area contributed by atoms with Gasteiger partial charge in [-0.05, 0) is 49.7 Å². The lowest BCUT2D eigenvalue weighted by Gasteiger charge is -2.25. The molecule has 1 N–H and O–H groups in total. The maximum absolute atomic E-state index is 14.0. The maximum atomic E-state index is 14.0. The van der Waals surface area contributed by atoms with Crippen LogP contribution in [0.2, 0.25) is 0 Å². The van der Waals surface area contributed by atoms with Crippen LogP contribution in [-0.4, -0.2) is 30.0 Å². The van der Waals surface area contributed by atoms with E-state index in [1.165, 1.54) is 23.1 Å². The number of anilines is 1. The van der Waals surface area contributed by atoms with Gasteiger partial charge in [0.2, 0.25) is 0 Å². The van der Waals surface area contributed by atoms with E-state index in [9.17, 15) is 19.1 Å². The van der Waals surface area contributed by atoms with Crippen LogP contribution >= 0.6 is 0 Å². The number of rotatable bonds is 7. The molecule has 174 valence electrons. The summed E-state index contributed by atoms with van der Waals surface area (Å²) in [7, 11) is 0. The van der Waals surface area contributed by atoms with Crippen molar-refractivity contribution in [3.05, 3.63) is 95.3 Å². The van der Waals surface area contributed by atoms with Crippen molar-refractivity contribution in [3.8, 4) is 11.5 Å². The summed E-state index contributed by atoms with van der Waals surface area (Å²) >= 11 is 0. The average molecular weight is 461 g/mol. The van der Waals surface area contributed by atoms with Crippen molar-refractivity contribution in [2.75, 3.05) is 18.1 Å². The van der Waals surface area contributed by atoms with Crippen LogP contribution in [0.5, 0.6) is 11.5 Å². The van der Waals surface area contributed by atoms with Gasteiger partial charge in [-0.1, -0.05) is 36.4 Å². The molecule has 1 atom stereocenters. The van der Waals surface area contributed by atoms with E-state index in [1.54, 1.807) is 61.5 Å². The smallest absolute Gasteiger partial charge is 0.300 e. The van der Waals surface area contributed by atoms with Crippen LogP contribution in [0, 0.1) is 5.82 Å². The monoisotopic (exact) mass is 461 g/mol. The lowest BCUT2D eigenvalue weighted by molar-refractivity contribution is -0.132. The molecule has 3 aromatic rings. The summed E-state index contributed by atoms with van der Waals surface area (Å²) in [5.41, 5.74) is 0.956. The number of ether oxygens (including phenoxy) is 2. The fourth-order valence-electron chi connectivity index (χ4n) is 4.05. The van der Waals surface area contributed by atoms with Gasteiger partial charge in [-0.2, -0.15) is 0 Å². The number of aliphatic hydroxyl groups excluding tert-OH is 1. The molecule has 1 heterocycles. The number of amides is 1. The Bertz CT molecular complexity index is 1250. The number of nitrogens with zero attached hydrogens (tertiary/aromatic N) is 1. The molecule has 6 nitrogen and oxygen atoms in total. The van der Waals surface area contributed by atoms with Crippen molar-refractivity contribution >= 4 is 23.1 Å². The van der Waals surface area contributed by atoms with Gasteiger partial charge in [-0.15, -0.1) is 0 Å². The second kappa shape index (κ2) is 9.79. The summed E-state index contributed by atoms with van der Waals surface area (Å²) in [6.07, 6.45) is 0. The lowest BCUT2D eigenvalue weighted by Crippen LogP contribution is -2.29. The number of carbonyl (C=O) groups excluding carboxylic acids is 2. The number of benzene rings is 3. The zero-order valence-electron chi connectivity index (χ0n) is 18.8. The van der Waals surface area contributed by atoms with Crippen LogP contribution in [0.1, 0.15) is 31.0 Å². The average Bonchev–Trinajstić information content (AvgIpc) is 3.10. The number of carbonyl (C=O) groups is 2. The Labute approximate surface area is 196 Å². The van der Waals surface area contributed by atoms with Crippen LogP contribution in [-0.2, 0) is 9.59 Å². The van der Waals surface area contributed by atoms with Crippen LogP contribution in [0.3, 0.4) is 0 Å². The molecule has 0 aromatic heterocycles. The number of Topliss-reactive ketones (excluding diaryl/α,β-unsaturated/α-hetero) is 1. The van der Waals surface area contributed by atoms with Gasteiger partial charge in [-0.25, -0.2) is 4.39 Å². The van der Waals surface area contributed by atoms with Crippen LogP contribution in [0.25, 0.3) is 5.76 Å². The van der Waals surface area contributed by atoms with Crippen molar-refractivity contribution in [1.29, 1.82) is 0 Å². The molecule has 1 unspecified atom stereocenters. The third kappa shape index (κ3) is 4.24. The zero-order valence-corrected chi connectivity index (χ0v) is 18.8. The summed E-state index contributed by atoms with van der Waals surface area (Å²) in [5.74, 6) is -1.79. The number of hydrogen-bond donors (Lipinski definition) is 1. The zero-order chi connectivity index (χ0) is 24.2. The Kier molecular flexibility index (Phi) is 6.63. The van der Waals surface area contributed by atoms with Crippen molar-refractivity contribution in [1.82, 2.24) is 0 Å². The molecule has 1 amide bonds. The normalized spacial score (nSPS) is 17.1. The molecule has 0 radical (unpaired) electrons. The molecular formula is C27H24FNO5. The van der Waals surface area contributed by atoms with Gasteiger partial charge in [0.25, 0.3) is 11.7 Å². The molecule has 0 spiro atoms. The van der Waals surface area contributed by atoms with E-state index in [-0.39, 0.29) is 22.6 Å². The molecule has 34 heavy (non-hydrogen) atoms. The van der Waals surface area contributed by atoms with E-state index in [0.29, 0.717) is 30.3 Å². The molecule has 1 aliphatic rings. The van der Waals surface area contributed by atoms with Crippen molar-refractivity contribution in [3.63, 3.8) is 0 Å². The predicted molar refractivity (Wildman–Crippen MR) is 126 cm³/mol. The predicted octanol–water partition coefficient (Wildman–Crippen LogP) is 5.25.